The van der Waals surface area contributed by atoms with E-state index in [1.807, 2.05) is 6.92 Å². The lowest BCUT2D eigenvalue weighted by atomic mass is 10.2. The van der Waals surface area contributed by atoms with Crippen molar-refractivity contribution in [2.45, 2.75) is 26.3 Å². The number of imidazole rings is 1. The quantitative estimate of drug-likeness (QED) is 0.809. The smallest absolute Gasteiger partial charge is 0.406 e. The van der Waals surface area contributed by atoms with Crippen molar-refractivity contribution < 1.29 is 22.7 Å². The molecule has 0 N–H and O–H groups in total. The Labute approximate surface area is 137 Å². The van der Waals surface area contributed by atoms with Crippen LogP contribution in [-0.2, 0) is 13.6 Å². The second kappa shape index (κ2) is 7.37. The van der Waals surface area contributed by atoms with E-state index >= 15 is 0 Å². The molecule has 0 aliphatic rings. The first-order valence-electron chi connectivity index (χ1n) is 7.40. The van der Waals surface area contributed by atoms with Gasteiger partial charge >= 0.3 is 6.36 Å². The third-order valence-electron chi connectivity index (χ3n) is 3.21. The monoisotopic (exact) mass is 341 g/mol. The highest BCUT2D eigenvalue weighted by atomic mass is 19.4. The molecule has 5 nitrogen and oxygen atoms in total. The summed E-state index contributed by atoms with van der Waals surface area (Å²) >= 11 is 0. The van der Waals surface area contributed by atoms with Crippen LogP contribution in [0.3, 0.4) is 0 Å². The van der Waals surface area contributed by atoms with E-state index in [1.54, 1.807) is 28.8 Å². The summed E-state index contributed by atoms with van der Waals surface area (Å²) in [6.45, 7) is 2.57. The van der Waals surface area contributed by atoms with Gasteiger partial charge in [-0.3, -0.25) is 4.79 Å². The molecule has 0 fully saturated rings. The maximum atomic E-state index is 12.5. The van der Waals surface area contributed by atoms with Gasteiger partial charge < -0.3 is 14.2 Å². The van der Waals surface area contributed by atoms with Crippen LogP contribution in [0.1, 0.15) is 29.4 Å². The number of nitrogens with zero attached hydrogens (tertiary/aromatic N) is 3. The molecule has 0 radical (unpaired) electrons. The van der Waals surface area contributed by atoms with Crippen molar-refractivity contribution in [1.82, 2.24) is 14.5 Å². The largest absolute Gasteiger partial charge is 0.573 e. The fourth-order valence-corrected chi connectivity index (χ4v) is 2.27. The fourth-order valence-electron chi connectivity index (χ4n) is 2.27. The number of benzene rings is 1. The Morgan fingerprint density at radius 3 is 2.71 bits per heavy atom. The minimum Gasteiger partial charge on any atom is -0.406 e. The number of hydrogen-bond acceptors (Lipinski definition) is 3. The van der Waals surface area contributed by atoms with Crippen LogP contribution in [0.25, 0.3) is 0 Å². The summed E-state index contributed by atoms with van der Waals surface area (Å²) in [6, 6.07) is 5.62. The van der Waals surface area contributed by atoms with Gasteiger partial charge in [-0.05, 0) is 24.1 Å². The molecule has 8 heteroatoms. The number of hydrogen-bond donors (Lipinski definition) is 0. The molecule has 0 saturated heterocycles. The number of aromatic nitrogens is 2. The number of aryl methyl sites for hydroxylation is 1. The third kappa shape index (κ3) is 5.00. The minimum atomic E-state index is -4.74. The molecule has 2 aromatic rings. The molecule has 1 aromatic heterocycles. The van der Waals surface area contributed by atoms with Gasteiger partial charge in [0, 0.05) is 26.3 Å². The average Bonchev–Trinajstić information content (AvgIpc) is 2.91. The summed E-state index contributed by atoms with van der Waals surface area (Å²) in [5.74, 6) is -0.568. The van der Waals surface area contributed by atoms with Gasteiger partial charge in [0.15, 0.2) is 0 Å². The topological polar surface area (TPSA) is 47.4 Å². The van der Waals surface area contributed by atoms with Gasteiger partial charge in [-0.1, -0.05) is 19.1 Å². The molecule has 0 saturated carbocycles. The van der Waals surface area contributed by atoms with E-state index in [1.165, 1.54) is 24.5 Å². The first kappa shape index (κ1) is 17.8. The number of alkyl halides is 3. The summed E-state index contributed by atoms with van der Waals surface area (Å²) in [5, 5.41) is 0. The summed E-state index contributed by atoms with van der Waals surface area (Å²) in [6.07, 6.45) is -0.897. The highest BCUT2D eigenvalue weighted by Crippen LogP contribution is 2.24. The Hall–Kier alpha value is -2.51. The van der Waals surface area contributed by atoms with Crippen molar-refractivity contribution in [3.8, 4) is 5.75 Å². The zero-order valence-corrected chi connectivity index (χ0v) is 13.4. The maximum absolute atomic E-state index is 12.5. The van der Waals surface area contributed by atoms with Crippen LogP contribution >= 0.6 is 0 Å². The molecule has 1 heterocycles. The van der Waals surface area contributed by atoms with Crippen LogP contribution in [0, 0.1) is 0 Å². The first-order chi connectivity index (χ1) is 11.3. The van der Waals surface area contributed by atoms with E-state index in [0.717, 1.165) is 6.42 Å². The van der Waals surface area contributed by atoms with Crippen molar-refractivity contribution >= 4 is 5.91 Å². The van der Waals surface area contributed by atoms with E-state index in [9.17, 15) is 18.0 Å². The fraction of sp³-hybridized carbons (Fsp3) is 0.375. The van der Waals surface area contributed by atoms with Crippen molar-refractivity contribution in [2.24, 2.45) is 7.05 Å². The van der Waals surface area contributed by atoms with Crippen LogP contribution in [0.15, 0.2) is 36.8 Å². The van der Waals surface area contributed by atoms with Gasteiger partial charge in [0.2, 0.25) is 0 Å². The first-order valence-corrected chi connectivity index (χ1v) is 7.40. The lowest BCUT2D eigenvalue weighted by Gasteiger charge is -2.21. The molecule has 0 aliphatic carbocycles. The summed E-state index contributed by atoms with van der Waals surface area (Å²) in [7, 11) is 1.76. The van der Waals surface area contributed by atoms with Gasteiger partial charge in [0.25, 0.3) is 5.91 Å². The molecule has 0 spiro atoms. The van der Waals surface area contributed by atoms with Gasteiger partial charge in [-0.2, -0.15) is 0 Å². The van der Waals surface area contributed by atoms with E-state index in [-0.39, 0.29) is 18.2 Å². The van der Waals surface area contributed by atoms with E-state index in [0.29, 0.717) is 17.8 Å². The Kier molecular flexibility index (Phi) is 5.48. The van der Waals surface area contributed by atoms with Crippen LogP contribution in [0.5, 0.6) is 5.75 Å². The molecule has 1 aromatic carbocycles. The van der Waals surface area contributed by atoms with Crippen LogP contribution < -0.4 is 4.74 Å². The molecular formula is C16H18F3N3O2. The van der Waals surface area contributed by atoms with E-state index < -0.39 is 6.36 Å². The van der Waals surface area contributed by atoms with E-state index in [4.69, 9.17) is 0 Å². The molecule has 0 unspecified atom stereocenters. The number of amides is 1. The second-order valence-electron chi connectivity index (χ2n) is 5.35. The summed E-state index contributed by atoms with van der Waals surface area (Å²) < 4.78 is 42.5. The van der Waals surface area contributed by atoms with Crippen molar-refractivity contribution in [1.29, 1.82) is 0 Å². The Bertz CT molecular complexity index is 698. The molecule has 0 atom stereocenters. The molecule has 0 bridgehead atoms. The molecule has 2 rings (SSSR count). The number of halogens is 3. The zero-order chi connectivity index (χ0) is 17.7. The third-order valence-corrected chi connectivity index (χ3v) is 3.21. The highest BCUT2D eigenvalue weighted by molar-refractivity contribution is 5.92. The standard InChI is InChI=1S/C16H18F3N3O2/c1-3-7-22(15(23)14-10-21(2)11-20-14)9-12-5-4-6-13(8-12)24-16(17,18)19/h4-6,8,10-11H,3,7,9H2,1-2H3. The van der Waals surface area contributed by atoms with Crippen molar-refractivity contribution in [2.75, 3.05) is 6.54 Å². The number of carbonyl (C=O) groups excluding carboxylic acids is 1. The number of rotatable bonds is 6. The van der Waals surface area contributed by atoms with Gasteiger partial charge in [0.1, 0.15) is 11.4 Å². The lowest BCUT2D eigenvalue weighted by molar-refractivity contribution is -0.274. The predicted molar refractivity (Wildman–Crippen MR) is 81.4 cm³/mol. The van der Waals surface area contributed by atoms with Gasteiger partial charge in [-0.25, -0.2) is 4.98 Å². The SMILES string of the molecule is CCCN(Cc1cccc(OC(F)(F)F)c1)C(=O)c1cn(C)cn1. The van der Waals surface area contributed by atoms with Gasteiger partial charge in [0.05, 0.1) is 6.33 Å². The van der Waals surface area contributed by atoms with Crippen LogP contribution in [-0.4, -0.2) is 33.3 Å². The average molecular weight is 341 g/mol. The number of carbonyl (C=O) groups is 1. The molecular weight excluding hydrogens is 323 g/mol. The highest BCUT2D eigenvalue weighted by Gasteiger charge is 2.31. The van der Waals surface area contributed by atoms with Crippen molar-refractivity contribution in [3.05, 3.63) is 48.0 Å². The van der Waals surface area contributed by atoms with Gasteiger partial charge in [-0.15, -0.1) is 13.2 Å². The molecule has 0 aliphatic heterocycles. The lowest BCUT2D eigenvalue weighted by Crippen LogP contribution is -2.31. The molecule has 1 amide bonds. The molecule has 24 heavy (non-hydrogen) atoms. The Morgan fingerprint density at radius 1 is 1.38 bits per heavy atom. The van der Waals surface area contributed by atoms with E-state index in [2.05, 4.69) is 9.72 Å². The number of ether oxygens (including phenoxy) is 1. The normalized spacial score (nSPS) is 11.4. The summed E-state index contributed by atoms with van der Waals surface area (Å²) in [4.78, 5) is 18.1. The zero-order valence-electron chi connectivity index (χ0n) is 13.4. The Morgan fingerprint density at radius 2 is 2.12 bits per heavy atom. The van der Waals surface area contributed by atoms with Crippen LogP contribution in [0.2, 0.25) is 0 Å². The Balaban J connectivity index is 2.15. The van der Waals surface area contributed by atoms with Crippen LogP contribution in [0.4, 0.5) is 13.2 Å². The maximum Gasteiger partial charge on any atom is 0.573 e. The second-order valence-corrected chi connectivity index (χ2v) is 5.35. The summed E-state index contributed by atoms with van der Waals surface area (Å²) in [5.41, 5.74) is 0.850. The molecule has 130 valence electrons. The minimum absolute atomic E-state index is 0.179. The van der Waals surface area contributed by atoms with Crippen molar-refractivity contribution in [3.63, 3.8) is 0 Å². The predicted octanol–water partition coefficient (Wildman–Crippen LogP) is 3.37.